The van der Waals surface area contributed by atoms with E-state index in [0.29, 0.717) is 19.3 Å². The first-order valence-electron chi connectivity index (χ1n) is 6.37. The molecule has 0 aromatic rings. The van der Waals surface area contributed by atoms with Crippen molar-refractivity contribution < 1.29 is 9.53 Å². The predicted octanol–water partition coefficient (Wildman–Crippen LogP) is 1.09. The molecule has 0 radical (unpaired) electrons. The minimum absolute atomic E-state index is 0. The lowest BCUT2D eigenvalue weighted by Crippen LogP contribution is -2.53. The van der Waals surface area contributed by atoms with Crippen molar-refractivity contribution in [2.45, 2.75) is 44.7 Å². The molecular formula is C12H23ClN2O2. The van der Waals surface area contributed by atoms with Crippen molar-refractivity contribution in [1.29, 1.82) is 0 Å². The number of hydrogen-bond acceptors (Lipinski definition) is 3. The molecule has 1 unspecified atom stereocenters. The minimum atomic E-state index is -0.145. The Bertz CT molecular complexity index is 237. The molecule has 1 aliphatic heterocycles. The van der Waals surface area contributed by atoms with Gasteiger partial charge < -0.3 is 15.4 Å². The first kappa shape index (κ1) is 14.7. The number of halogens is 1. The van der Waals surface area contributed by atoms with E-state index in [4.69, 9.17) is 4.74 Å². The van der Waals surface area contributed by atoms with Crippen molar-refractivity contribution in [2.75, 3.05) is 19.8 Å². The monoisotopic (exact) mass is 262 g/mol. The zero-order valence-electron chi connectivity index (χ0n) is 10.4. The van der Waals surface area contributed by atoms with E-state index in [1.165, 1.54) is 12.8 Å². The van der Waals surface area contributed by atoms with Gasteiger partial charge in [0.15, 0.2) is 0 Å². The number of carbonyl (C=O) groups is 1. The van der Waals surface area contributed by atoms with Crippen LogP contribution in [0.4, 0.5) is 0 Å². The van der Waals surface area contributed by atoms with Crippen LogP contribution >= 0.6 is 12.4 Å². The highest BCUT2D eigenvalue weighted by atomic mass is 35.5. The summed E-state index contributed by atoms with van der Waals surface area (Å²) in [6.07, 6.45) is 4.72. The van der Waals surface area contributed by atoms with Crippen molar-refractivity contribution in [3.05, 3.63) is 0 Å². The highest BCUT2D eigenvalue weighted by Gasteiger charge is 2.25. The van der Waals surface area contributed by atoms with E-state index in [-0.39, 0.29) is 24.4 Å². The molecule has 2 N–H and O–H groups in total. The third kappa shape index (κ3) is 4.45. The van der Waals surface area contributed by atoms with Crippen LogP contribution < -0.4 is 10.6 Å². The molecule has 5 heteroatoms. The maximum atomic E-state index is 11.9. The van der Waals surface area contributed by atoms with Gasteiger partial charge in [0.1, 0.15) is 6.04 Å². The van der Waals surface area contributed by atoms with E-state index in [0.717, 1.165) is 25.3 Å². The summed E-state index contributed by atoms with van der Waals surface area (Å²) in [7, 11) is 0. The molecule has 1 atom stereocenters. The van der Waals surface area contributed by atoms with Gasteiger partial charge in [-0.25, -0.2) is 0 Å². The van der Waals surface area contributed by atoms with Crippen molar-refractivity contribution >= 4 is 18.3 Å². The van der Waals surface area contributed by atoms with Gasteiger partial charge in [-0.1, -0.05) is 6.92 Å². The molecule has 0 aromatic carbocycles. The molecule has 100 valence electrons. The van der Waals surface area contributed by atoms with Crippen molar-refractivity contribution in [2.24, 2.45) is 5.92 Å². The summed E-state index contributed by atoms with van der Waals surface area (Å²) < 4.78 is 5.29. The van der Waals surface area contributed by atoms with Crippen LogP contribution in [0.15, 0.2) is 0 Å². The maximum Gasteiger partial charge on any atom is 0.239 e. The second-order valence-electron chi connectivity index (χ2n) is 5.05. The SMILES string of the molecule is CC1CCC(NC(=O)C2COCCN2)CC1.Cl. The fraction of sp³-hybridized carbons (Fsp3) is 0.917. The zero-order valence-corrected chi connectivity index (χ0v) is 11.2. The van der Waals surface area contributed by atoms with Crippen LogP contribution in [0.3, 0.4) is 0 Å². The summed E-state index contributed by atoms with van der Waals surface area (Å²) in [6, 6.07) is 0.237. The molecular weight excluding hydrogens is 240 g/mol. The lowest BCUT2D eigenvalue weighted by Gasteiger charge is -2.29. The summed E-state index contributed by atoms with van der Waals surface area (Å²) in [5, 5.41) is 6.31. The van der Waals surface area contributed by atoms with Gasteiger partial charge in [-0.3, -0.25) is 4.79 Å². The molecule has 2 fully saturated rings. The number of morpholine rings is 1. The van der Waals surface area contributed by atoms with E-state index >= 15 is 0 Å². The fourth-order valence-electron chi connectivity index (χ4n) is 2.44. The number of hydrogen-bond donors (Lipinski definition) is 2. The predicted molar refractivity (Wildman–Crippen MR) is 69.4 cm³/mol. The van der Waals surface area contributed by atoms with Gasteiger partial charge in [0.25, 0.3) is 0 Å². The van der Waals surface area contributed by atoms with Crippen LogP contribution in [0.2, 0.25) is 0 Å². The smallest absolute Gasteiger partial charge is 0.239 e. The van der Waals surface area contributed by atoms with Crippen LogP contribution in [-0.2, 0) is 9.53 Å². The lowest BCUT2D eigenvalue weighted by atomic mass is 9.87. The molecule has 1 saturated carbocycles. The fourth-order valence-corrected chi connectivity index (χ4v) is 2.44. The second-order valence-corrected chi connectivity index (χ2v) is 5.05. The maximum absolute atomic E-state index is 11.9. The first-order valence-corrected chi connectivity index (χ1v) is 6.37. The lowest BCUT2D eigenvalue weighted by molar-refractivity contribution is -0.126. The Balaban J connectivity index is 0.00000144. The molecule has 1 saturated heterocycles. The Kier molecular flexibility index (Phi) is 6.23. The van der Waals surface area contributed by atoms with Gasteiger partial charge in [-0.15, -0.1) is 12.4 Å². The van der Waals surface area contributed by atoms with E-state index < -0.39 is 0 Å². The molecule has 1 aliphatic carbocycles. The van der Waals surface area contributed by atoms with Crippen LogP contribution in [0.1, 0.15) is 32.6 Å². The number of nitrogens with one attached hydrogen (secondary N) is 2. The molecule has 2 aliphatic rings. The molecule has 0 aromatic heterocycles. The normalized spacial score (nSPS) is 33.6. The van der Waals surface area contributed by atoms with Crippen LogP contribution in [0.25, 0.3) is 0 Å². The van der Waals surface area contributed by atoms with Gasteiger partial charge in [0, 0.05) is 12.6 Å². The van der Waals surface area contributed by atoms with E-state index in [2.05, 4.69) is 17.6 Å². The standard InChI is InChI=1S/C12H22N2O2.ClH/c1-9-2-4-10(5-3-9)14-12(15)11-8-16-7-6-13-11;/h9-11,13H,2-8H2,1H3,(H,14,15);1H. The van der Waals surface area contributed by atoms with Crippen LogP contribution in [0.5, 0.6) is 0 Å². The van der Waals surface area contributed by atoms with E-state index in [1.807, 2.05) is 0 Å². The summed E-state index contributed by atoms with van der Waals surface area (Å²) >= 11 is 0. The average molecular weight is 263 g/mol. The van der Waals surface area contributed by atoms with Crippen molar-refractivity contribution in [3.63, 3.8) is 0 Å². The molecule has 1 amide bonds. The Morgan fingerprint density at radius 2 is 2.00 bits per heavy atom. The second kappa shape index (κ2) is 7.19. The van der Waals surface area contributed by atoms with Crippen molar-refractivity contribution in [3.8, 4) is 0 Å². The Morgan fingerprint density at radius 1 is 1.29 bits per heavy atom. The van der Waals surface area contributed by atoms with E-state index in [1.54, 1.807) is 0 Å². The van der Waals surface area contributed by atoms with Gasteiger partial charge in [-0.2, -0.15) is 0 Å². The zero-order chi connectivity index (χ0) is 11.4. The van der Waals surface area contributed by atoms with Gasteiger partial charge in [0.2, 0.25) is 5.91 Å². The number of ether oxygens (including phenoxy) is 1. The summed E-state index contributed by atoms with van der Waals surface area (Å²) in [5.74, 6) is 0.934. The number of rotatable bonds is 2. The van der Waals surface area contributed by atoms with Crippen molar-refractivity contribution in [1.82, 2.24) is 10.6 Å². The molecule has 17 heavy (non-hydrogen) atoms. The van der Waals surface area contributed by atoms with Gasteiger partial charge in [-0.05, 0) is 31.6 Å². The summed E-state index contributed by atoms with van der Waals surface area (Å²) in [5.41, 5.74) is 0. The summed E-state index contributed by atoms with van der Waals surface area (Å²) in [4.78, 5) is 11.9. The molecule has 1 heterocycles. The third-order valence-corrected chi connectivity index (χ3v) is 3.60. The van der Waals surface area contributed by atoms with Gasteiger partial charge >= 0.3 is 0 Å². The molecule has 4 nitrogen and oxygen atoms in total. The first-order chi connectivity index (χ1) is 7.75. The van der Waals surface area contributed by atoms with Gasteiger partial charge in [0.05, 0.1) is 13.2 Å². The van der Waals surface area contributed by atoms with Crippen LogP contribution in [-0.4, -0.2) is 37.7 Å². The third-order valence-electron chi connectivity index (χ3n) is 3.60. The minimum Gasteiger partial charge on any atom is -0.378 e. The highest BCUT2D eigenvalue weighted by molar-refractivity contribution is 5.85. The molecule has 0 bridgehead atoms. The Labute approximate surface area is 109 Å². The Hall–Kier alpha value is -0.320. The molecule has 0 spiro atoms. The quantitative estimate of drug-likeness (QED) is 0.783. The molecule has 2 rings (SSSR count). The number of carbonyl (C=O) groups excluding carboxylic acids is 1. The van der Waals surface area contributed by atoms with E-state index in [9.17, 15) is 4.79 Å². The highest BCUT2D eigenvalue weighted by Crippen LogP contribution is 2.23. The summed E-state index contributed by atoms with van der Waals surface area (Å²) in [6.45, 7) is 4.29. The largest absolute Gasteiger partial charge is 0.378 e. The Morgan fingerprint density at radius 3 is 2.59 bits per heavy atom. The average Bonchev–Trinajstić information content (AvgIpc) is 2.33. The van der Waals surface area contributed by atoms with Crippen LogP contribution in [0, 0.1) is 5.92 Å². The number of amides is 1. The topological polar surface area (TPSA) is 50.4 Å².